The molecule has 1 rings (SSSR count). The maximum absolute atomic E-state index is 12.6. The van der Waals surface area contributed by atoms with Crippen molar-refractivity contribution < 1.29 is 18.3 Å². The molecule has 1 unspecified atom stereocenters. The molecule has 1 aromatic rings. The van der Waals surface area contributed by atoms with Gasteiger partial charge in [-0.3, -0.25) is 0 Å². The van der Waals surface area contributed by atoms with Crippen molar-refractivity contribution in [2.24, 2.45) is 0 Å². The molecule has 0 saturated heterocycles. The maximum atomic E-state index is 12.6. The number of hydrogen-bond acceptors (Lipinski definition) is 2. The van der Waals surface area contributed by atoms with Crippen LogP contribution in [0.2, 0.25) is 0 Å². The molecular weight excluding hydrogens is 267 g/mol. The molecule has 0 amide bonds. The molecule has 0 aliphatic heterocycles. The van der Waals surface area contributed by atoms with E-state index in [4.69, 9.17) is 0 Å². The highest BCUT2D eigenvalue weighted by molar-refractivity contribution is 5.27. The molecule has 1 aromatic carbocycles. The van der Waals surface area contributed by atoms with Crippen LogP contribution in [0.5, 0.6) is 0 Å². The predicted octanol–water partition coefficient (Wildman–Crippen LogP) is 3.91. The molecule has 0 heterocycles. The van der Waals surface area contributed by atoms with Gasteiger partial charge >= 0.3 is 6.18 Å². The number of hydrogen-bond donors (Lipinski definition) is 2. The summed E-state index contributed by atoms with van der Waals surface area (Å²) in [5.41, 5.74) is -0.433. The lowest BCUT2D eigenvalue weighted by atomic mass is 10.1. The van der Waals surface area contributed by atoms with E-state index in [-0.39, 0.29) is 6.54 Å². The van der Waals surface area contributed by atoms with E-state index in [9.17, 15) is 18.3 Å². The minimum absolute atomic E-state index is 0.271. The van der Waals surface area contributed by atoms with Crippen LogP contribution < -0.4 is 5.32 Å². The van der Waals surface area contributed by atoms with Crippen LogP contribution >= 0.6 is 0 Å². The molecule has 2 N–H and O–H groups in total. The molecule has 0 bridgehead atoms. The summed E-state index contributed by atoms with van der Waals surface area (Å²) >= 11 is 0. The fraction of sp³-hybridized carbons (Fsp3) is 0.600. The van der Waals surface area contributed by atoms with E-state index in [1.54, 1.807) is 0 Å². The first kappa shape index (κ1) is 17.0. The zero-order valence-electron chi connectivity index (χ0n) is 11.7. The fourth-order valence-corrected chi connectivity index (χ4v) is 1.96. The van der Waals surface area contributed by atoms with Crippen LogP contribution in [0.25, 0.3) is 0 Å². The second-order valence-corrected chi connectivity index (χ2v) is 4.90. The number of unbranched alkanes of at least 4 members (excludes halogenated alkanes) is 3. The number of halogens is 3. The first-order valence-corrected chi connectivity index (χ1v) is 7.01. The van der Waals surface area contributed by atoms with Gasteiger partial charge in [0.05, 0.1) is 11.7 Å². The monoisotopic (exact) mass is 289 g/mol. The molecule has 114 valence electrons. The normalized spacial score (nSPS) is 13.4. The Bertz CT molecular complexity index is 393. The lowest BCUT2D eigenvalue weighted by Gasteiger charge is -2.14. The van der Waals surface area contributed by atoms with Crippen LogP contribution in [0.1, 0.15) is 49.8 Å². The van der Waals surface area contributed by atoms with Gasteiger partial charge in [0.15, 0.2) is 0 Å². The summed E-state index contributed by atoms with van der Waals surface area (Å²) in [5.74, 6) is 0. The van der Waals surface area contributed by atoms with E-state index in [0.29, 0.717) is 5.56 Å². The van der Waals surface area contributed by atoms with Gasteiger partial charge in [0.25, 0.3) is 0 Å². The van der Waals surface area contributed by atoms with Gasteiger partial charge in [-0.1, -0.05) is 38.3 Å². The first-order valence-electron chi connectivity index (χ1n) is 7.01. The summed E-state index contributed by atoms with van der Waals surface area (Å²) in [4.78, 5) is 0. The van der Waals surface area contributed by atoms with Crippen LogP contribution in [0.3, 0.4) is 0 Å². The molecule has 0 spiro atoms. The molecule has 0 aliphatic rings. The Morgan fingerprint density at radius 1 is 1.20 bits per heavy atom. The zero-order valence-corrected chi connectivity index (χ0v) is 11.7. The molecule has 20 heavy (non-hydrogen) atoms. The number of rotatable bonds is 8. The van der Waals surface area contributed by atoms with Crippen LogP contribution in [0.4, 0.5) is 13.2 Å². The van der Waals surface area contributed by atoms with Crippen molar-refractivity contribution in [2.45, 2.75) is 44.9 Å². The Hall–Kier alpha value is -1.07. The molecule has 0 saturated carbocycles. The standard InChI is InChI=1S/C15H22F3NO/c1-2-3-4-5-9-19-11-14(20)12-7-6-8-13(10-12)15(16,17)18/h6-8,10,14,19-20H,2-5,9,11H2,1H3. The average molecular weight is 289 g/mol. The Kier molecular flexibility index (Phi) is 7.02. The van der Waals surface area contributed by atoms with Crippen LogP contribution in [-0.4, -0.2) is 18.2 Å². The van der Waals surface area contributed by atoms with E-state index in [1.807, 2.05) is 0 Å². The third kappa shape index (κ3) is 5.92. The van der Waals surface area contributed by atoms with Crippen molar-refractivity contribution in [1.82, 2.24) is 5.32 Å². The summed E-state index contributed by atoms with van der Waals surface area (Å²) in [6.07, 6.45) is -0.802. The number of nitrogens with one attached hydrogen (secondary N) is 1. The second-order valence-electron chi connectivity index (χ2n) is 4.90. The largest absolute Gasteiger partial charge is 0.416 e. The Morgan fingerprint density at radius 2 is 1.95 bits per heavy atom. The Labute approximate surface area is 118 Å². The van der Waals surface area contributed by atoms with Gasteiger partial charge in [-0.2, -0.15) is 13.2 Å². The quantitative estimate of drug-likeness (QED) is 0.711. The molecule has 0 aliphatic carbocycles. The van der Waals surface area contributed by atoms with Gasteiger partial charge < -0.3 is 10.4 Å². The fourth-order valence-electron chi connectivity index (χ4n) is 1.96. The number of alkyl halides is 3. The highest BCUT2D eigenvalue weighted by Crippen LogP contribution is 2.30. The lowest BCUT2D eigenvalue weighted by Crippen LogP contribution is -2.22. The molecule has 1 atom stereocenters. The summed E-state index contributed by atoms with van der Waals surface area (Å²) in [6, 6.07) is 4.85. The van der Waals surface area contributed by atoms with E-state index in [0.717, 1.165) is 37.9 Å². The van der Waals surface area contributed by atoms with E-state index in [1.165, 1.54) is 18.6 Å². The highest BCUT2D eigenvalue weighted by Gasteiger charge is 2.30. The minimum Gasteiger partial charge on any atom is -0.387 e. The zero-order chi connectivity index (χ0) is 15.0. The summed E-state index contributed by atoms with van der Waals surface area (Å²) in [6.45, 7) is 3.17. The van der Waals surface area contributed by atoms with Gasteiger partial charge in [0.1, 0.15) is 0 Å². The molecule has 0 radical (unpaired) electrons. The van der Waals surface area contributed by atoms with Crippen LogP contribution in [0, 0.1) is 0 Å². The molecular formula is C15H22F3NO. The van der Waals surface area contributed by atoms with Crippen molar-refractivity contribution in [1.29, 1.82) is 0 Å². The van der Waals surface area contributed by atoms with Gasteiger partial charge in [-0.05, 0) is 30.7 Å². The van der Waals surface area contributed by atoms with E-state index < -0.39 is 17.8 Å². The highest BCUT2D eigenvalue weighted by atomic mass is 19.4. The summed E-state index contributed by atoms with van der Waals surface area (Å²) in [5, 5.41) is 13.0. The van der Waals surface area contributed by atoms with Crippen molar-refractivity contribution in [3.8, 4) is 0 Å². The summed E-state index contributed by atoms with van der Waals surface area (Å²) in [7, 11) is 0. The lowest BCUT2D eigenvalue weighted by molar-refractivity contribution is -0.137. The van der Waals surface area contributed by atoms with Crippen molar-refractivity contribution in [2.75, 3.05) is 13.1 Å². The van der Waals surface area contributed by atoms with E-state index in [2.05, 4.69) is 12.2 Å². The smallest absolute Gasteiger partial charge is 0.387 e. The minimum atomic E-state index is -4.37. The number of aliphatic hydroxyl groups excluding tert-OH is 1. The number of benzene rings is 1. The second kappa shape index (κ2) is 8.27. The average Bonchev–Trinajstić information content (AvgIpc) is 2.41. The van der Waals surface area contributed by atoms with Crippen LogP contribution in [-0.2, 0) is 6.18 Å². The Morgan fingerprint density at radius 3 is 2.60 bits per heavy atom. The molecule has 0 fully saturated rings. The predicted molar refractivity (Wildman–Crippen MR) is 73.4 cm³/mol. The van der Waals surface area contributed by atoms with Crippen LogP contribution in [0.15, 0.2) is 24.3 Å². The molecule has 2 nitrogen and oxygen atoms in total. The molecule has 0 aromatic heterocycles. The Balaban J connectivity index is 2.41. The van der Waals surface area contributed by atoms with E-state index >= 15 is 0 Å². The third-order valence-electron chi connectivity index (χ3n) is 3.14. The maximum Gasteiger partial charge on any atom is 0.416 e. The SMILES string of the molecule is CCCCCCNCC(O)c1cccc(C(F)(F)F)c1. The third-order valence-corrected chi connectivity index (χ3v) is 3.14. The van der Waals surface area contributed by atoms with Crippen molar-refractivity contribution >= 4 is 0 Å². The van der Waals surface area contributed by atoms with Crippen molar-refractivity contribution in [3.63, 3.8) is 0 Å². The van der Waals surface area contributed by atoms with Crippen molar-refractivity contribution in [3.05, 3.63) is 35.4 Å². The van der Waals surface area contributed by atoms with Gasteiger partial charge in [-0.15, -0.1) is 0 Å². The first-order chi connectivity index (χ1) is 9.45. The van der Waals surface area contributed by atoms with Gasteiger partial charge in [0, 0.05) is 6.54 Å². The van der Waals surface area contributed by atoms with Gasteiger partial charge in [0.2, 0.25) is 0 Å². The molecule has 5 heteroatoms. The van der Waals surface area contributed by atoms with Gasteiger partial charge in [-0.25, -0.2) is 0 Å². The summed E-state index contributed by atoms with van der Waals surface area (Å²) < 4.78 is 37.7. The number of aliphatic hydroxyl groups is 1. The topological polar surface area (TPSA) is 32.3 Å².